The average Bonchev–Trinajstić information content (AvgIpc) is 3.45. The molecule has 1 amide bonds. The molecular formula is C32H35ClN8O3. The van der Waals surface area contributed by atoms with E-state index in [-0.39, 0.29) is 16.9 Å². The van der Waals surface area contributed by atoms with Crippen molar-refractivity contribution in [2.45, 2.75) is 26.2 Å². The minimum atomic E-state index is -0.458. The van der Waals surface area contributed by atoms with Crippen LogP contribution in [0.2, 0.25) is 5.02 Å². The van der Waals surface area contributed by atoms with Gasteiger partial charge in [-0.15, -0.1) is 4.73 Å². The molecular weight excluding hydrogens is 580 g/mol. The molecule has 228 valence electrons. The van der Waals surface area contributed by atoms with Crippen LogP contribution in [-0.2, 0) is 5.41 Å². The lowest BCUT2D eigenvalue weighted by Gasteiger charge is -2.14. The molecule has 0 atom stereocenters. The Hall–Kier alpha value is -4.74. The summed E-state index contributed by atoms with van der Waals surface area (Å²) in [5, 5.41) is 11.8. The molecule has 2 N–H and O–H groups in total. The highest BCUT2D eigenvalue weighted by atomic mass is 35.5. The van der Waals surface area contributed by atoms with Gasteiger partial charge in [0.15, 0.2) is 5.65 Å². The van der Waals surface area contributed by atoms with E-state index in [9.17, 15) is 9.59 Å². The number of likely N-dealkylation sites (N-methyl/N-ethyl adjacent to an activating group) is 1. The van der Waals surface area contributed by atoms with Gasteiger partial charge in [-0.1, -0.05) is 50.6 Å². The van der Waals surface area contributed by atoms with E-state index >= 15 is 0 Å². The molecule has 5 rings (SSSR count). The van der Waals surface area contributed by atoms with Gasteiger partial charge >= 0.3 is 0 Å². The van der Waals surface area contributed by atoms with Gasteiger partial charge in [0.05, 0.1) is 16.9 Å². The number of fused-ring (bicyclic) bond motifs is 1. The van der Waals surface area contributed by atoms with Crippen LogP contribution in [0, 0.1) is 0 Å². The van der Waals surface area contributed by atoms with Crippen molar-refractivity contribution >= 4 is 40.2 Å². The Morgan fingerprint density at radius 2 is 1.80 bits per heavy atom. The molecule has 11 nitrogen and oxygen atoms in total. The molecule has 44 heavy (non-hydrogen) atoms. The summed E-state index contributed by atoms with van der Waals surface area (Å²) in [6, 6.07) is 17.9. The number of rotatable bonds is 9. The number of anilines is 2. The highest BCUT2D eigenvalue weighted by Gasteiger charge is 2.24. The van der Waals surface area contributed by atoms with Gasteiger partial charge in [-0.05, 0) is 56.6 Å². The molecule has 0 aliphatic rings. The summed E-state index contributed by atoms with van der Waals surface area (Å²) in [5.74, 6) is 0.0186. The van der Waals surface area contributed by atoms with E-state index in [0.29, 0.717) is 45.5 Å². The molecule has 3 aromatic heterocycles. The molecule has 0 aliphatic carbocycles. The van der Waals surface area contributed by atoms with Crippen molar-refractivity contribution in [3.05, 3.63) is 93.6 Å². The lowest BCUT2D eigenvalue weighted by atomic mass is 9.92. The number of carbonyl (C=O) groups is 1. The van der Waals surface area contributed by atoms with Crippen molar-refractivity contribution in [2.24, 2.45) is 0 Å². The average molecular weight is 615 g/mol. The van der Waals surface area contributed by atoms with Crippen LogP contribution >= 0.6 is 11.6 Å². The third kappa shape index (κ3) is 6.43. The normalized spacial score (nSPS) is 11.6. The highest BCUT2D eigenvalue weighted by Crippen LogP contribution is 2.31. The van der Waals surface area contributed by atoms with E-state index in [1.807, 2.05) is 70.1 Å². The van der Waals surface area contributed by atoms with E-state index in [2.05, 4.69) is 20.6 Å². The Morgan fingerprint density at radius 3 is 2.48 bits per heavy atom. The number of hydrogen-bond donors (Lipinski definition) is 2. The number of nitrogens with zero attached hydrogens (tertiary/aromatic N) is 6. The minimum Gasteiger partial charge on any atom is -0.412 e. The number of benzene rings is 2. The number of para-hydroxylation sites is 1. The molecule has 0 fully saturated rings. The van der Waals surface area contributed by atoms with Crippen LogP contribution in [0.4, 0.5) is 11.6 Å². The molecule has 0 bridgehead atoms. The van der Waals surface area contributed by atoms with E-state index in [1.54, 1.807) is 41.2 Å². The van der Waals surface area contributed by atoms with Gasteiger partial charge in [0, 0.05) is 46.4 Å². The van der Waals surface area contributed by atoms with Gasteiger partial charge in [0.1, 0.15) is 12.8 Å². The first kappa shape index (κ1) is 30.7. The Kier molecular flexibility index (Phi) is 8.70. The lowest BCUT2D eigenvalue weighted by Crippen LogP contribution is -2.28. The van der Waals surface area contributed by atoms with Crippen molar-refractivity contribution in [2.75, 3.05) is 44.9 Å². The number of carbonyl (C=O) groups excluding carboxylic acids is 1. The maximum Gasteiger partial charge on any atom is 0.293 e. The van der Waals surface area contributed by atoms with Gasteiger partial charge < -0.3 is 20.4 Å². The number of hydrogen-bond acceptors (Lipinski definition) is 8. The predicted octanol–water partition coefficient (Wildman–Crippen LogP) is 4.88. The SMILES string of the molecule is COn1c(=O)c(-c2cc(NC(=O)c3cc(C(C)(C)C)nn3-c3ccccc3)ccc2Cl)cc2cnc(NCCN(C)C)nc21. The first-order valence-corrected chi connectivity index (χ1v) is 14.5. The summed E-state index contributed by atoms with van der Waals surface area (Å²) in [5.41, 5.74) is 2.63. The van der Waals surface area contributed by atoms with Crippen LogP contribution in [0.1, 0.15) is 37.0 Å². The molecule has 12 heteroatoms. The lowest BCUT2D eigenvalue weighted by molar-refractivity contribution is 0.101. The second-order valence-corrected chi connectivity index (χ2v) is 12.0. The maximum absolute atomic E-state index is 13.7. The monoisotopic (exact) mass is 614 g/mol. The van der Waals surface area contributed by atoms with Crippen LogP contribution < -0.4 is 21.0 Å². The number of amides is 1. The zero-order valence-corrected chi connectivity index (χ0v) is 26.3. The second kappa shape index (κ2) is 12.5. The van der Waals surface area contributed by atoms with E-state index < -0.39 is 5.56 Å². The molecule has 5 aromatic rings. The molecule has 2 aromatic carbocycles. The maximum atomic E-state index is 13.7. The number of aromatic nitrogens is 5. The molecule has 0 aliphatic heterocycles. The van der Waals surface area contributed by atoms with Crippen LogP contribution in [0.15, 0.2) is 71.7 Å². The smallest absolute Gasteiger partial charge is 0.293 e. The van der Waals surface area contributed by atoms with Crippen LogP contribution in [0.25, 0.3) is 27.8 Å². The molecule has 0 radical (unpaired) electrons. The van der Waals surface area contributed by atoms with Crippen molar-refractivity contribution in [1.29, 1.82) is 0 Å². The Labute approximate surface area is 260 Å². The van der Waals surface area contributed by atoms with E-state index in [4.69, 9.17) is 21.5 Å². The molecule has 3 heterocycles. The van der Waals surface area contributed by atoms with Crippen molar-refractivity contribution < 1.29 is 9.63 Å². The summed E-state index contributed by atoms with van der Waals surface area (Å²) in [7, 11) is 5.34. The summed E-state index contributed by atoms with van der Waals surface area (Å²) in [6.07, 6.45) is 1.62. The highest BCUT2D eigenvalue weighted by molar-refractivity contribution is 6.33. The van der Waals surface area contributed by atoms with Crippen molar-refractivity contribution in [1.82, 2.24) is 29.4 Å². The summed E-state index contributed by atoms with van der Waals surface area (Å²) in [6.45, 7) is 7.55. The third-order valence-electron chi connectivity index (χ3n) is 6.95. The summed E-state index contributed by atoms with van der Waals surface area (Å²) < 4.78 is 2.74. The number of pyridine rings is 1. The largest absolute Gasteiger partial charge is 0.412 e. The van der Waals surface area contributed by atoms with E-state index in [1.165, 1.54) is 7.11 Å². The van der Waals surface area contributed by atoms with Gasteiger partial charge in [-0.2, -0.15) is 10.1 Å². The van der Waals surface area contributed by atoms with Gasteiger partial charge in [-0.3, -0.25) is 9.59 Å². The Balaban J connectivity index is 1.50. The fraction of sp³-hybridized carbons (Fsp3) is 0.281. The molecule has 0 saturated carbocycles. The zero-order chi connectivity index (χ0) is 31.6. The van der Waals surface area contributed by atoms with E-state index in [0.717, 1.165) is 22.7 Å². The quantitative estimate of drug-likeness (QED) is 0.241. The summed E-state index contributed by atoms with van der Waals surface area (Å²) >= 11 is 6.61. The zero-order valence-electron chi connectivity index (χ0n) is 25.6. The van der Waals surface area contributed by atoms with Crippen LogP contribution in [0.3, 0.4) is 0 Å². The van der Waals surface area contributed by atoms with Crippen LogP contribution in [-0.4, -0.2) is 69.6 Å². The molecule has 0 saturated heterocycles. The van der Waals surface area contributed by atoms with Crippen molar-refractivity contribution in [3.8, 4) is 16.8 Å². The van der Waals surface area contributed by atoms with Crippen molar-refractivity contribution in [3.63, 3.8) is 0 Å². The number of halogens is 1. The predicted molar refractivity (Wildman–Crippen MR) is 174 cm³/mol. The number of nitrogens with one attached hydrogen (secondary N) is 2. The van der Waals surface area contributed by atoms with Crippen LogP contribution in [0.5, 0.6) is 0 Å². The van der Waals surface area contributed by atoms with Gasteiger partial charge in [0.25, 0.3) is 11.5 Å². The first-order valence-electron chi connectivity index (χ1n) is 14.1. The fourth-order valence-corrected chi connectivity index (χ4v) is 4.81. The van der Waals surface area contributed by atoms with Gasteiger partial charge in [0.2, 0.25) is 5.95 Å². The fourth-order valence-electron chi connectivity index (χ4n) is 4.59. The summed E-state index contributed by atoms with van der Waals surface area (Å²) in [4.78, 5) is 43.7. The second-order valence-electron chi connectivity index (χ2n) is 11.6. The molecule has 0 unspecified atom stereocenters. The standard InChI is InChI=1S/C32H35ClN8O3/c1-32(2,3)27-18-26(40(38-27)22-10-8-7-9-11-22)29(42)36-21-12-13-25(33)23(17-21)24-16-20-19-35-31(34-14-15-39(4)5)37-28(20)41(44-6)30(24)43/h7-13,16-19H,14-15H2,1-6H3,(H,36,42)(H,34,35,37). The molecule has 0 spiro atoms. The Bertz CT molecular complexity index is 1880. The third-order valence-corrected chi connectivity index (χ3v) is 7.28. The van der Waals surface area contributed by atoms with Gasteiger partial charge in [-0.25, -0.2) is 9.67 Å². The first-order chi connectivity index (χ1) is 21.0. The Morgan fingerprint density at radius 1 is 1.05 bits per heavy atom. The minimum absolute atomic E-state index is 0.265. The topological polar surface area (TPSA) is 119 Å².